The molecule has 0 heterocycles. The highest BCUT2D eigenvalue weighted by atomic mass is 19.1. The van der Waals surface area contributed by atoms with Crippen LogP contribution in [0.15, 0.2) is 30.3 Å². The van der Waals surface area contributed by atoms with Gasteiger partial charge in [-0.25, -0.2) is 4.39 Å². The Balaban J connectivity index is 2.73. The molecule has 0 saturated carbocycles. The van der Waals surface area contributed by atoms with E-state index in [4.69, 9.17) is 0 Å². The standard InChI is InChI=1S/C15H17F/c1-4-11-7-12(10(2)3)8-13-9-14(16)5-6-15(11)13/h5-10H,4H2,1-3H3. The molecular weight excluding hydrogens is 199 g/mol. The van der Waals surface area contributed by atoms with E-state index in [1.54, 1.807) is 6.07 Å². The number of aryl methyl sites for hydroxylation is 1. The van der Waals surface area contributed by atoms with Crippen LogP contribution in [0.4, 0.5) is 4.39 Å². The van der Waals surface area contributed by atoms with Crippen molar-refractivity contribution >= 4 is 10.8 Å². The van der Waals surface area contributed by atoms with Crippen molar-refractivity contribution < 1.29 is 4.39 Å². The van der Waals surface area contributed by atoms with Gasteiger partial charge in [-0.05, 0) is 46.4 Å². The van der Waals surface area contributed by atoms with Crippen molar-refractivity contribution in [1.82, 2.24) is 0 Å². The molecule has 0 unspecified atom stereocenters. The van der Waals surface area contributed by atoms with Crippen LogP contribution < -0.4 is 0 Å². The second-order valence-corrected chi connectivity index (χ2v) is 4.55. The van der Waals surface area contributed by atoms with Gasteiger partial charge in [0.15, 0.2) is 0 Å². The van der Waals surface area contributed by atoms with Gasteiger partial charge in [-0.2, -0.15) is 0 Å². The SMILES string of the molecule is CCc1cc(C(C)C)cc2cc(F)ccc12. The molecule has 0 aromatic heterocycles. The van der Waals surface area contributed by atoms with Gasteiger partial charge < -0.3 is 0 Å². The summed E-state index contributed by atoms with van der Waals surface area (Å²) in [5.74, 6) is 0.327. The summed E-state index contributed by atoms with van der Waals surface area (Å²) in [6.45, 7) is 6.47. The van der Waals surface area contributed by atoms with Gasteiger partial charge in [0.05, 0.1) is 0 Å². The Morgan fingerprint density at radius 1 is 1.12 bits per heavy atom. The molecule has 0 aliphatic heterocycles. The van der Waals surface area contributed by atoms with E-state index >= 15 is 0 Å². The minimum absolute atomic E-state index is 0.157. The Kier molecular flexibility index (Phi) is 2.95. The Morgan fingerprint density at radius 2 is 1.88 bits per heavy atom. The summed E-state index contributed by atoms with van der Waals surface area (Å²) in [5.41, 5.74) is 2.59. The quantitative estimate of drug-likeness (QED) is 0.684. The zero-order valence-electron chi connectivity index (χ0n) is 10.0. The zero-order valence-corrected chi connectivity index (χ0v) is 10.0. The van der Waals surface area contributed by atoms with Crippen molar-refractivity contribution in [3.05, 3.63) is 47.3 Å². The van der Waals surface area contributed by atoms with Crippen molar-refractivity contribution in [2.75, 3.05) is 0 Å². The maximum atomic E-state index is 13.2. The predicted molar refractivity (Wildman–Crippen MR) is 67.4 cm³/mol. The van der Waals surface area contributed by atoms with E-state index in [0.717, 1.165) is 11.8 Å². The first-order valence-corrected chi connectivity index (χ1v) is 5.84. The van der Waals surface area contributed by atoms with Crippen LogP contribution in [0.3, 0.4) is 0 Å². The third kappa shape index (κ3) is 1.95. The van der Waals surface area contributed by atoms with Gasteiger partial charge in [0, 0.05) is 0 Å². The second-order valence-electron chi connectivity index (χ2n) is 4.55. The molecule has 2 aromatic carbocycles. The van der Waals surface area contributed by atoms with Crippen molar-refractivity contribution in [3.63, 3.8) is 0 Å². The van der Waals surface area contributed by atoms with Crippen molar-refractivity contribution in [2.45, 2.75) is 33.1 Å². The summed E-state index contributed by atoms with van der Waals surface area (Å²) in [4.78, 5) is 0. The van der Waals surface area contributed by atoms with Crippen LogP contribution >= 0.6 is 0 Å². The van der Waals surface area contributed by atoms with Crippen LogP contribution in [-0.2, 0) is 6.42 Å². The molecule has 0 nitrogen and oxygen atoms in total. The van der Waals surface area contributed by atoms with E-state index in [0.29, 0.717) is 5.92 Å². The fourth-order valence-electron chi connectivity index (χ4n) is 2.07. The Bertz CT molecular complexity index is 512. The summed E-state index contributed by atoms with van der Waals surface area (Å²) < 4.78 is 13.2. The van der Waals surface area contributed by atoms with Gasteiger partial charge in [0.2, 0.25) is 0 Å². The molecule has 84 valence electrons. The van der Waals surface area contributed by atoms with E-state index in [2.05, 4.69) is 32.9 Å². The smallest absolute Gasteiger partial charge is 0.123 e. The Morgan fingerprint density at radius 3 is 2.50 bits per heavy atom. The van der Waals surface area contributed by atoms with Crippen molar-refractivity contribution in [3.8, 4) is 0 Å². The molecule has 0 aliphatic carbocycles. The van der Waals surface area contributed by atoms with Gasteiger partial charge in [-0.15, -0.1) is 0 Å². The molecule has 2 aromatic rings. The van der Waals surface area contributed by atoms with Crippen LogP contribution in [0.5, 0.6) is 0 Å². The summed E-state index contributed by atoms with van der Waals surface area (Å²) >= 11 is 0. The number of halogens is 1. The summed E-state index contributed by atoms with van der Waals surface area (Å²) in [7, 11) is 0. The molecule has 1 heteroatoms. The van der Waals surface area contributed by atoms with E-state index in [-0.39, 0.29) is 5.82 Å². The first-order chi connectivity index (χ1) is 7.61. The molecule has 0 atom stereocenters. The van der Waals surface area contributed by atoms with Crippen molar-refractivity contribution in [2.24, 2.45) is 0 Å². The third-order valence-electron chi connectivity index (χ3n) is 3.07. The summed E-state index contributed by atoms with van der Waals surface area (Å²) in [6, 6.07) is 9.39. The lowest BCUT2D eigenvalue weighted by Crippen LogP contribution is -1.92. The molecule has 0 N–H and O–H groups in total. The number of hydrogen-bond donors (Lipinski definition) is 0. The lowest BCUT2D eigenvalue weighted by atomic mass is 9.94. The molecule has 2 rings (SSSR count). The van der Waals surface area contributed by atoms with Gasteiger partial charge in [0.25, 0.3) is 0 Å². The number of rotatable bonds is 2. The Hall–Kier alpha value is -1.37. The third-order valence-corrected chi connectivity index (χ3v) is 3.07. The number of hydrogen-bond acceptors (Lipinski definition) is 0. The monoisotopic (exact) mass is 216 g/mol. The first kappa shape index (κ1) is 11.1. The van der Waals surface area contributed by atoms with Gasteiger partial charge >= 0.3 is 0 Å². The fraction of sp³-hybridized carbons (Fsp3) is 0.333. The number of benzene rings is 2. The van der Waals surface area contributed by atoms with Gasteiger partial charge in [0.1, 0.15) is 5.82 Å². The maximum Gasteiger partial charge on any atom is 0.123 e. The van der Waals surface area contributed by atoms with Crippen molar-refractivity contribution in [1.29, 1.82) is 0 Å². The summed E-state index contributed by atoms with van der Waals surface area (Å²) in [5, 5.41) is 2.19. The molecule has 0 fully saturated rings. The minimum atomic E-state index is -0.157. The Labute approximate surface area is 96.1 Å². The molecule has 0 radical (unpaired) electrons. The molecular formula is C15H17F. The lowest BCUT2D eigenvalue weighted by Gasteiger charge is -2.11. The fourth-order valence-corrected chi connectivity index (χ4v) is 2.07. The lowest BCUT2D eigenvalue weighted by molar-refractivity contribution is 0.629. The highest BCUT2D eigenvalue weighted by Gasteiger charge is 2.06. The molecule has 0 amide bonds. The summed E-state index contributed by atoms with van der Waals surface area (Å²) in [6.07, 6.45) is 0.989. The van der Waals surface area contributed by atoms with Crippen LogP contribution in [0.1, 0.15) is 37.8 Å². The second kappa shape index (κ2) is 4.25. The molecule has 16 heavy (non-hydrogen) atoms. The molecule has 0 bridgehead atoms. The highest BCUT2D eigenvalue weighted by molar-refractivity contribution is 5.86. The maximum absolute atomic E-state index is 13.2. The zero-order chi connectivity index (χ0) is 11.7. The topological polar surface area (TPSA) is 0 Å². The molecule has 0 aliphatic rings. The number of fused-ring (bicyclic) bond motifs is 1. The highest BCUT2D eigenvalue weighted by Crippen LogP contribution is 2.26. The average molecular weight is 216 g/mol. The van der Waals surface area contributed by atoms with E-state index in [9.17, 15) is 4.39 Å². The molecule has 0 saturated heterocycles. The van der Waals surface area contributed by atoms with Crippen LogP contribution in [0.2, 0.25) is 0 Å². The van der Waals surface area contributed by atoms with Gasteiger partial charge in [-0.1, -0.05) is 39.0 Å². The normalized spacial score (nSPS) is 11.3. The van der Waals surface area contributed by atoms with Gasteiger partial charge in [-0.3, -0.25) is 0 Å². The van der Waals surface area contributed by atoms with Crippen LogP contribution in [-0.4, -0.2) is 0 Å². The van der Waals surface area contributed by atoms with Crippen LogP contribution in [0, 0.1) is 5.82 Å². The van der Waals surface area contributed by atoms with E-state index in [1.165, 1.54) is 22.6 Å². The van der Waals surface area contributed by atoms with Crippen LogP contribution in [0.25, 0.3) is 10.8 Å². The van der Waals surface area contributed by atoms with E-state index in [1.807, 2.05) is 6.07 Å². The first-order valence-electron chi connectivity index (χ1n) is 5.84. The average Bonchev–Trinajstić information content (AvgIpc) is 2.26. The molecule has 0 spiro atoms. The minimum Gasteiger partial charge on any atom is -0.207 e. The largest absolute Gasteiger partial charge is 0.207 e. The predicted octanol–water partition coefficient (Wildman–Crippen LogP) is 4.66. The van der Waals surface area contributed by atoms with E-state index < -0.39 is 0 Å².